The van der Waals surface area contributed by atoms with E-state index in [9.17, 15) is 0 Å². The van der Waals surface area contributed by atoms with E-state index in [4.69, 9.17) is 0 Å². The average molecular weight is 194 g/mol. The van der Waals surface area contributed by atoms with E-state index in [1.807, 2.05) is 11.3 Å². The maximum atomic E-state index is 4.24. The largest absolute Gasteiger partial charge is 0.296 e. The van der Waals surface area contributed by atoms with Gasteiger partial charge in [-0.25, -0.2) is 0 Å². The fraction of sp³-hybridized carbons (Fsp3) is 0.545. The molecule has 0 spiro atoms. The maximum absolute atomic E-state index is 4.24. The van der Waals surface area contributed by atoms with Crippen LogP contribution in [0.3, 0.4) is 0 Å². The normalized spacial score (nSPS) is 21.6. The minimum Gasteiger partial charge on any atom is -0.296 e. The Kier molecular flexibility index (Phi) is 3.01. The first kappa shape index (κ1) is 9.22. The van der Waals surface area contributed by atoms with Crippen LogP contribution in [-0.2, 0) is 0 Å². The van der Waals surface area contributed by atoms with Crippen LogP contribution in [0.2, 0.25) is 0 Å². The summed E-state index contributed by atoms with van der Waals surface area (Å²) >= 11 is 1.82. The number of hydrogen-bond donors (Lipinski definition) is 0. The van der Waals surface area contributed by atoms with Crippen molar-refractivity contribution in [2.75, 3.05) is 13.1 Å². The zero-order valence-electron chi connectivity index (χ0n) is 7.91. The summed E-state index contributed by atoms with van der Waals surface area (Å²) in [4.78, 5) is 3.90. The van der Waals surface area contributed by atoms with E-state index >= 15 is 0 Å². The van der Waals surface area contributed by atoms with Gasteiger partial charge in [0.2, 0.25) is 0 Å². The second kappa shape index (κ2) is 4.25. The highest BCUT2D eigenvalue weighted by molar-refractivity contribution is 7.10. The first-order valence-corrected chi connectivity index (χ1v) is 5.86. The van der Waals surface area contributed by atoms with Crippen LogP contribution in [0.4, 0.5) is 0 Å². The Balaban J connectivity index is 1.99. The van der Waals surface area contributed by atoms with E-state index in [0.717, 1.165) is 0 Å². The van der Waals surface area contributed by atoms with Gasteiger partial charge in [0.05, 0.1) is 0 Å². The molecule has 1 fully saturated rings. The highest BCUT2D eigenvalue weighted by Gasteiger charge is 2.18. The second-order valence-corrected chi connectivity index (χ2v) is 4.61. The molecule has 0 saturated carbocycles. The minimum absolute atomic E-state index is 0.389. The smallest absolute Gasteiger partial charge is 0.0442 e. The predicted octanol–water partition coefficient (Wildman–Crippen LogP) is 3.11. The van der Waals surface area contributed by atoms with E-state index in [-0.39, 0.29) is 0 Å². The molecule has 0 bridgehead atoms. The van der Waals surface area contributed by atoms with Crippen molar-refractivity contribution in [3.63, 3.8) is 0 Å². The van der Waals surface area contributed by atoms with E-state index in [1.165, 1.54) is 37.2 Å². The summed E-state index contributed by atoms with van der Waals surface area (Å²) in [5.74, 6) is 0. The number of likely N-dealkylation sites (tertiary alicyclic amines) is 1. The molecule has 71 valence electrons. The van der Waals surface area contributed by atoms with E-state index in [1.54, 1.807) is 0 Å². The van der Waals surface area contributed by atoms with Gasteiger partial charge in [-0.1, -0.05) is 12.5 Å². The van der Waals surface area contributed by atoms with Crippen LogP contribution >= 0.6 is 11.3 Å². The first-order valence-electron chi connectivity index (χ1n) is 4.98. The summed E-state index contributed by atoms with van der Waals surface area (Å²) in [6.45, 7) is 6.70. The third kappa shape index (κ3) is 2.12. The topological polar surface area (TPSA) is 3.24 Å². The standard InChI is InChI=1S/C11H16NS/c1-10(11-6-5-9-13-11)12-7-3-2-4-8-12/h5-6,9-10H,1-4,7-8H2. The summed E-state index contributed by atoms with van der Waals surface area (Å²) in [5.41, 5.74) is 0. The molecule has 1 nitrogen and oxygen atoms in total. The van der Waals surface area contributed by atoms with Gasteiger partial charge in [-0.2, -0.15) is 0 Å². The molecule has 1 saturated heterocycles. The highest BCUT2D eigenvalue weighted by Crippen LogP contribution is 2.26. The van der Waals surface area contributed by atoms with Crippen molar-refractivity contribution in [2.45, 2.75) is 25.3 Å². The number of piperidine rings is 1. The number of hydrogen-bond acceptors (Lipinski definition) is 2. The van der Waals surface area contributed by atoms with Gasteiger partial charge in [0, 0.05) is 10.9 Å². The van der Waals surface area contributed by atoms with Crippen molar-refractivity contribution in [2.24, 2.45) is 0 Å². The van der Waals surface area contributed by atoms with Crippen LogP contribution < -0.4 is 0 Å². The van der Waals surface area contributed by atoms with Crippen LogP contribution in [-0.4, -0.2) is 18.0 Å². The van der Waals surface area contributed by atoms with Gasteiger partial charge in [0.1, 0.15) is 0 Å². The fourth-order valence-corrected chi connectivity index (χ4v) is 2.67. The van der Waals surface area contributed by atoms with Crippen molar-refractivity contribution in [1.29, 1.82) is 0 Å². The Morgan fingerprint density at radius 3 is 2.69 bits per heavy atom. The number of nitrogens with zero attached hydrogens (tertiary/aromatic N) is 1. The molecule has 1 atom stereocenters. The van der Waals surface area contributed by atoms with E-state index in [0.29, 0.717) is 6.04 Å². The van der Waals surface area contributed by atoms with E-state index in [2.05, 4.69) is 29.3 Å². The van der Waals surface area contributed by atoms with Gasteiger partial charge < -0.3 is 0 Å². The zero-order chi connectivity index (χ0) is 9.10. The average Bonchev–Trinajstić information content (AvgIpc) is 2.71. The maximum Gasteiger partial charge on any atom is 0.0442 e. The first-order chi connectivity index (χ1) is 6.38. The zero-order valence-corrected chi connectivity index (χ0v) is 8.72. The van der Waals surface area contributed by atoms with Crippen LogP contribution in [0.15, 0.2) is 17.5 Å². The van der Waals surface area contributed by atoms with Crippen LogP contribution in [0, 0.1) is 6.92 Å². The van der Waals surface area contributed by atoms with Crippen molar-refractivity contribution >= 4 is 11.3 Å². The van der Waals surface area contributed by atoms with Gasteiger partial charge in [0.25, 0.3) is 0 Å². The summed E-state index contributed by atoms with van der Waals surface area (Å²) in [6, 6.07) is 4.69. The van der Waals surface area contributed by atoms with Crippen LogP contribution in [0.1, 0.15) is 30.2 Å². The Bertz CT molecular complexity index is 237. The summed E-state index contributed by atoms with van der Waals surface area (Å²) in [5, 5.41) is 2.14. The summed E-state index contributed by atoms with van der Waals surface area (Å²) < 4.78 is 0. The molecular weight excluding hydrogens is 178 g/mol. The third-order valence-electron chi connectivity index (χ3n) is 2.70. The van der Waals surface area contributed by atoms with Gasteiger partial charge in [-0.3, -0.25) is 4.90 Å². The molecule has 1 aliphatic heterocycles. The number of rotatable bonds is 2. The quantitative estimate of drug-likeness (QED) is 0.699. The fourth-order valence-electron chi connectivity index (χ4n) is 1.89. The molecule has 0 aromatic carbocycles. The molecule has 1 radical (unpaired) electrons. The lowest BCUT2D eigenvalue weighted by Gasteiger charge is -2.31. The van der Waals surface area contributed by atoms with Crippen molar-refractivity contribution in [1.82, 2.24) is 4.90 Å². The predicted molar refractivity (Wildman–Crippen MR) is 57.8 cm³/mol. The lowest BCUT2D eigenvalue weighted by molar-refractivity contribution is 0.192. The highest BCUT2D eigenvalue weighted by atomic mass is 32.1. The molecule has 1 aliphatic rings. The Labute approximate surface area is 84.4 Å². The molecule has 1 aromatic heterocycles. The second-order valence-electron chi connectivity index (χ2n) is 3.63. The van der Waals surface area contributed by atoms with Gasteiger partial charge in [-0.15, -0.1) is 11.3 Å². The summed E-state index contributed by atoms with van der Waals surface area (Å²) in [6.07, 6.45) is 4.09. The van der Waals surface area contributed by atoms with E-state index < -0.39 is 0 Å². The lowest BCUT2D eigenvalue weighted by atomic mass is 10.1. The molecule has 2 heteroatoms. The molecule has 1 unspecified atom stereocenters. The minimum atomic E-state index is 0.389. The number of thiophene rings is 1. The van der Waals surface area contributed by atoms with Crippen molar-refractivity contribution < 1.29 is 0 Å². The summed E-state index contributed by atoms with van der Waals surface area (Å²) in [7, 11) is 0. The molecule has 0 N–H and O–H groups in total. The third-order valence-corrected chi connectivity index (χ3v) is 3.68. The molecule has 0 amide bonds. The SMILES string of the molecule is [CH2]C(c1cccs1)N1CCCCC1. The molecule has 0 aliphatic carbocycles. The Morgan fingerprint density at radius 1 is 1.31 bits per heavy atom. The van der Waals surface area contributed by atoms with Gasteiger partial charge in [-0.05, 0) is 44.3 Å². The van der Waals surface area contributed by atoms with Crippen molar-refractivity contribution in [3.8, 4) is 0 Å². The van der Waals surface area contributed by atoms with Gasteiger partial charge in [0.15, 0.2) is 0 Å². The Hall–Kier alpha value is -0.340. The lowest BCUT2D eigenvalue weighted by Crippen LogP contribution is -2.31. The molecule has 2 rings (SSSR count). The molecule has 1 aromatic rings. The monoisotopic (exact) mass is 194 g/mol. The van der Waals surface area contributed by atoms with Crippen molar-refractivity contribution in [3.05, 3.63) is 29.3 Å². The Morgan fingerprint density at radius 2 is 2.08 bits per heavy atom. The van der Waals surface area contributed by atoms with Crippen LogP contribution in [0.5, 0.6) is 0 Å². The molecule has 13 heavy (non-hydrogen) atoms. The van der Waals surface area contributed by atoms with Gasteiger partial charge >= 0.3 is 0 Å². The van der Waals surface area contributed by atoms with Crippen LogP contribution in [0.25, 0.3) is 0 Å². The molecule has 2 heterocycles. The molecular formula is C11H16NS.